The van der Waals surface area contributed by atoms with E-state index in [9.17, 15) is 9.59 Å². The van der Waals surface area contributed by atoms with Gasteiger partial charge in [0.05, 0.1) is 12.5 Å². The van der Waals surface area contributed by atoms with Crippen molar-refractivity contribution in [3.05, 3.63) is 0 Å². The lowest BCUT2D eigenvalue weighted by Gasteiger charge is -2.16. The second kappa shape index (κ2) is 28.5. The van der Waals surface area contributed by atoms with Crippen molar-refractivity contribution < 1.29 is 19.4 Å². The van der Waals surface area contributed by atoms with Gasteiger partial charge < -0.3 is 9.84 Å². The Kier molecular flexibility index (Phi) is 27.7. The third-order valence-corrected chi connectivity index (χ3v) is 7.42. The van der Waals surface area contributed by atoms with E-state index in [1.165, 1.54) is 116 Å². The average molecular weight is 511 g/mol. The average Bonchev–Trinajstić information content (AvgIpc) is 2.86. The second-order valence-electron chi connectivity index (χ2n) is 11.0. The Balaban J connectivity index is 3.86. The quantitative estimate of drug-likeness (QED) is 0.0802. The van der Waals surface area contributed by atoms with E-state index in [2.05, 4.69) is 13.8 Å². The summed E-state index contributed by atoms with van der Waals surface area (Å²) in [6.07, 6.45) is 30.5. The van der Waals surface area contributed by atoms with Gasteiger partial charge in [0.25, 0.3) is 0 Å². The lowest BCUT2D eigenvalue weighted by molar-refractivity contribution is -0.149. The zero-order valence-corrected chi connectivity index (χ0v) is 24.3. The summed E-state index contributed by atoms with van der Waals surface area (Å²) in [6.45, 7) is 5.04. The number of carboxylic acids is 1. The number of rotatable bonds is 29. The molecular weight excluding hydrogens is 448 g/mol. The van der Waals surface area contributed by atoms with Gasteiger partial charge in [-0.2, -0.15) is 0 Å². The van der Waals surface area contributed by atoms with Crippen molar-refractivity contribution in [3.63, 3.8) is 0 Å². The van der Waals surface area contributed by atoms with E-state index in [1.807, 2.05) is 0 Å². The summed E-state index contributed by atoms with van der Waals surface area (Å²) in [5.74, 6) is -1.01. The van der Waals surface area contributed by atoms with E-state index in [0.29, 0.717) is 19.4 Å². The van der Waals surface area contributed by atoms with Crippen molar-refractivity contribution in [2.24, 2.45) is 5.92 Å². The van der Waals surface area contributed by atoms with Crippen molar-refractivity contribution >= 4 is 11.9 Å². The Morgan fingerprint density at radius 2 is 0.889 bits per heavy atom. The van der Waals surface area contributed by atoms with Gasteiger partial charge in [0, 0.05) is 6.42 Å². The molecule has 4 heteroatoms. The minimum absolute atomic E-state index is 0.0976. The van der Waals surface area contributed by atoms with Gasteiger partial charge in [-0.3, -0.25) is 9.59 Å². The first-order valence-corrected chi connectivity index (χ1v) is 16.0. The van der Waals surface area contributed by atoms with Gasteiger partial charge in [-0.15, -0.1) is 0 Å². The number of hydrogen-bond acceptors (Lipinski definition) is 3. The smallest absolute Gasteiger partial charge is 0.308 e. The molecule has 1 unspecified atom stereocenters. The van der Waals surface area contributed by atoms with Crippen LogP contribution in [0.3, 0.4) is 0 Å². The predicted octanol–water partition coefficient (Wildman–Crippen LogP) is 10.4. The molecule has 0 radical (unpaired) electrons. The lowest BCUT2D eigenvalue weighted by Crippen LogP contribution is -2.19. The SMILES string of the molecule is CCCCCCCCCCCCCOC(=O)C(CCCCCCCCCCCCC)CCCC(=O)O. The van der Waals surface area contributed by atoms with Gasteiger partial charge in [0.1, 0.15) is 0 Å². The van der Waals surface area contributed by atoms with Crippen LogP contribution in [0.1, 0.15) is 181 Å². The van der Waals surface area contributed by atoms with Crippen molar-refractivity contribution in [3.8, 4) is 0 Å². The maximum absolute atomic E-state index is 12.6. The summed E-state index contributed by atoms with van der Waals surface area (Å²) in [4.78, 5) is 23.5. The van der Waals surface area contributed by atoms with E-state index in [4.69, 9.17) is 9.84 Å². The molecule has 4 nitrogen and oxygen atoms in total. The van der Waals surface area contributed by atoms with E-state index in [-0.39, 0.29) is 18.3 Å². The number of carbonyl (C=O) groups excluding carboxylic acids is 1. The number of aliphatic carboxylic acids is 1. The van der Waals surface area contributed by atoms with Crippen LogP contribution in [0, 0.1) is 5.92 Å². The van der Waals surface area contributed by atoms with Crippen LogP contribution in [0.15, 0.2) is 0 Å². The Morgan fingerprint density at radius 1 is 0.528 bits per heavy atom. The van der Waals surface area contributed by atoms with Crippen LogP contribution < -0.4 is 0 Å². The third-order valence-electron chi connectivity index (χ3n) is 7.42. The number of carbonyl (C=O) groups is 2. The van der Waals surface area contributed by atoms with Crippen LogP contribution in [0.25, 0.3) is 0 Å². The van der Waals surface area contributed by atoms with Gasteiger partial charge in [-0.1, -0.05) is 149 Å². The Morgan fingerprint density at radius 3 is 1.31 bits per heavy atom. The maximum atomic E-state index is 12.6. The Bertz CT molecular complexity index is 477. The van der Waals surface area contributed by atoms with Crippen molar-refractivity contribution in [2.75, 3.05) is 6.61 Å². The highest BCUT2D eigenvalue weighted by molar-refractivity contribution is 5.72. The molecule has 36 heavy (non-hydrogen) atoms. The Labute approximate surface area is 224 Å². The molecule has 214 valence electrons. The van der Waals surface area contributed by atoms with Gasteiger partial charge in [0.15, 0.2) is 0 Å². The van der Waals surface area contributed by atoms with Crippen LogP contribution in [-0.2, 0) is 14.3 Å². The molecule has 0 bridgehead atoms. The number of unbranched alkanes of at least 4 members (excludes halogenated alkanes) is 20. The fourth-order valence-electron chi connectivity index (χ4n) is 4.99. The predicted molar refractivity (Wildman–Crippen MR) is 153 cm³/mol. The molecule has 0 saturated heterocycles. The molecular formula is C32H62O4. The number of hydrogen-bond donors (Lipinski definition) is 1. The van der Waals surface area contributed by atoms with Crippen molar-refractivity contribution in [1.29, 1.82) is 0 Å². The number of ether oxygens (including phenoxy) is 1. The van der Waals surface area contributed by atoms with E-state index in [1.54, 1.807) is 0 Å². The molecule has 0 aromatic carbocycles. The maximum Gasteiger partial charge on any atom is 0.308 e. The summed E-state index contributed by atoms with van der Waals surface area (Å²) >= 11 is 0. The van der Waals surface area contributed by atoms with Gasteiger partial charge >= 0.3 is 11.9 Å². The summed E-state index contributed by atoms with van der Waals surface area (Å²) in [6, 6.07) is 0. The zero-order valence-electron chi connectivity index (χ0n) is 24.3. The zero-order chi connectivity index (χ0) is 26.5. The monoisotopic (exact) mass is 510 g/mol. The van der Waals surface area contributed by atoms with Crippen LogP contribution in [-0.4, -0.2) is 23.7 Å². The molecule has 0 amide bonds. The largest absolute Gasteiger partial charge is 0.481 e. The van der Waals surface area contributed by atoms with E-state index < -0.39 is 5.97 Å². The van der Waals surface area contributed by atoms with Crippen LogP contribution in [0.5, 0.6) is 0 Å². The molecule has 0 aromatic rings. The van der Waals surface area contributed by atoms with E-state index in [0.717, 1.165) is 32.1 Å². The molecule has 0 saturated carbocycles. The van der Waals surface area contributed by atoms with E-state index >= 15 is 0 Å². The normalized spacial score (nSPS) is 12.1. The second-order valence-corrected chi connectivity index (χ2v) is 11.0. The molecule has 0 spiro atoms. The minimum Gasteiger partial charge on any atom is -0.481 e. The highest BCUT2D eigenvalue weighted by Gasteiger charge is 2.19. The van der Waals surface area contributed by atoms with Crippen LogP contribution in [0.2, 0.25) is 0 Å². The number of carboxylic acid groups (broad SMARTS) is 1. The molecule has 0 rings (SSSR count). The topological polar surface area (TPSA) is 63.6 Å². The standard InChI is InChI=1S/C32H62O4/c1-3-5-7-9-11-13-15-17-19-21-23-26-30(27-25-28-31(33)34)32(35)36-29-24-22-20-18-16-14-12-10-8-6-4-2/h30H,3-29H2,1-2H3,(H,33,34). The minimum atomic E-state index is -0.780. The first-order chi connectivity index (χ1) is 17.6. The summed E-state index contributed by atoms with van der Waals surface area (Å²) in [7, 11) is 0. The molecule has 0 aliphatic carbocycles. The molecule has 1 atom stereocenters. The molecule has 0 fully saturated rings. The molecule has 0 aliphatic heterocycles. The summed E-state index contributed by atoms with van der Waals surface area (Å²) in [5, 5.41) is 8.95. The molecule has 0 aromatic heterocycles. The first kappa shape index (κ1) is 34.9. The molecule has 0 aliphatic rings. The highest BCUT2D eigenvalue weighted by atomic mass is 16.5. The first-order valence-electron chi connectivity index (χ1n) is 16.0. The highest BCUT2D eigenvalue weighted by Crippen LogP contribution is 2.20. The Hall–Kier alpha value is -1.06. The fraction of sp³-hybridized carbons (Fsp3) is 0.938. The number of esters is 1. The summed E-state index contributed by atoms with van der Waals surface area (Å²) in [5.41, 5.74) is 0. The third kappa shape index (κ3) is 26.0. The molecule has 1 N–H and O–H groups in total. The molecule has 0 heterocycles. The van der Waals surface area contributed by atoms with Crippen molar-refractivity contribution in [2.45, 2.75) is 181 Å². The van der Waals surface area contributed by atoms with Gasteiger partial charge in [-0.25, -0.2) is 0 Å². The lowest BCUT2D eigenvalue weighted by atomic mass is 9.95. The van der Waals surface area contributed by atoms with Crippen LogP contribution >= 0.6 is 0 Å². The van der Waals surface area contributed by atoms with Gasteiger partial charge in [0.2, 0.25) is 0 Å². The van der Waals surface area contributed by atoms with Crippen LogP contribution in [0.4, 0.5) is 0 Å². The summed E-state index contributed by atoms with van der Waals surface area (Å²) < 4.78 is 5.61. The fourth-order valence-corrected chi connectivity index (χ4v) is 4.99. The van der Waals surface area contributed by atoms with Crippen molar-refractivity contribution in [1.82, 2.24) is 0 Å². The van der Waals surface area contributed by atoms with Gasteiger partial charge in [-0.05, 0) is 25.7 Å².